The van der Waals surface area contributed by atoms with E-state index in [0.717, 1.165) is 18.5 Å². The summed E-state index contributed by atoms with van der Waals surface area (Å²) in [6, 6.07) is 8.09. The van der Waals surface area contributed by atoms with Gasteiger partial charge in [0.25, 0.3) is 5.56 Å². The van der Waals surface area contributed by atoms with Crippen LogP contribution in [0.25, 0.3) is 0 Å². The van der Waals surface area contributed by atoms with Gasteiger partial charge in [0.05, 0.1) is 5.69 Å². The number of halogens is 1. The molecule has 0 atom stereocenters. The molecule has 18 heavy (non-hydrogen) atoms. The van der Waals surface area contributed by atoms with Gasteiger partial charge in [0.2, 0.25) is 0 Å². The van der Waals surface area contributed by atoms with Gasteiger partial charge in [0.15, 0.2) is 0 Å². The average molecular weight is 244 g/mol. The highest BCUT2D eigenvalue weighted by Crippen LogP contribution is 2.38. The number of hydrogen-bond donors (Lipinski definition) is 1. The summed E-state index contributed by atoms with van der Waals surface area (Å²) < 4.78 is 13.5. The zero-order chi connectivity index (χ0) is 12.5. The molecule has 4 heteroatoms. The number of benzene rings is 1. The normalized spacial score (nSPS) is 14.7. The van der Waals surface area contributed by atoms with Gasteiger partial charge in [-0.2, -0.15) is 0 Å². The Morgan fingerprint density at radius 3 is 2.83 bits per heavy atom. The molecule has 0 bridgehead atoms. The second-order valence-corrected chi connectivity index (χ2v) is 4.66. The summed E-state index contributed by atoms with van der Waals surface area (Å²) >= 11 is 0. The van der Waals surface area contributed by atoms with Gasteiger partial charge in [-0.1, -0.05) is 18.2 Å². The molecular weight excluding hydrogens is 231 g/mol. The van der Waals surface area contributed by atoms with Gasteiger partial charge >= 0.3 is 0 Å². The Bertz CT molecular complexity index is 632. The van der Waals surface area contributed by atoms with Crippen molar-refractivity contribution in [3.8, 4) is 0 Å². The smallest absolute Gasteiger partial charge is 0.251 e. The number of H-pyrrole nitrogens is 1. The molecule has 1 saturated carbocycles. The molecular formula is C14H13FN2O. The van der Waals surface area contributed by atoms with Crippen LogP contribution in [0.15, 0.2) is 35.1 Å². The molecule has 0 aliphatic heterocycles. The van der Waals surface area contributed by atoms with Crippen LogP contribution in [0, 0.1) is 5.82 Å². The molecule has 2 aromatic rings. The van der Waals surface area contributed by atoms with Crippen LogP contribution in [0.3, 0.4) is 0 Å². The number of aromatic amines is 1. The summed E-state index contributed by atoms with van der Waals surface area (Å²) in [7, 11) is 0. The first-order valence-electron chi connectivity index (χ1n) is 6.06. The number of nitrogens with one attached hydrogen (secondary N) is 1. The highest BCUT2D eigenvalue weighted by atomic mass is 19.1. The molecule has 0 saturated heterocycles. The van der Waals surface area contributed by atoms with Crippen molar-refractivity contribution in [2.24, 2.45) is 0 Å². The van der Waals surface area contributed by atoms with E-state index in [-0.39, 0.29) is 11.4 Å². The molecule has 1 N–H and O–H groups in total. The summed E-state index contributed by atoms with van der Waals surface area (Å²) in [4.78, 5) is 18.6. The summed E-state index contributed by atoms with van der Waals surface area (Å²) in [5, 5.41) is 0. The van der Waals surface area contributed by atoms with Crippen molar-refractivity contribution in [2.45, 2.75) is 25.2 Å². The topological polar surface area (TPSA) is 45.8 Å². The number of nitrogens with zero attached hydrogens (tertiary/aromatic N) is 1. The number of aromatic nitrogens is 2. The van der Waals surface area contributed by atoms with Crippen LogP contribution in [-0.4, -0.2) is 9.97 Å². The molecule has 0 spiro atoms. The van der Waals surface area contributed by atoms with Gasteiger partial charge < -0.3 is 4.98 Å². The van der Waals surface area contributed by atoms with E-state index >= 15 is 0 Å². The molecule has 92 valence electrons. The van der Waals surface area contributed by atoms with Gasteiger partial charge in [-0.3, -0.25) is 4.79 Å². The van der Waals surface area contributed by atoms with Crippen molar-refractivity contribution in [3.05, 3.63) is 63.6 Å². The van der Waals surface area contributed by atoms with Crippen LogP contribution >= 0.6 is 0 Å². The fraction of sp³-hybridized carbons (Fsp3) is 0.286. The van der Waals surface area contributed by atoms with E-state index in [1.54, 1.807) is 24.3 Å². The van der Waals surface area contributed by atoms with Crippen LogP contribution in [0.4, 0.5) is 4.39 Å². The zero-order valence-electron chi connectivity index (χ0n) is 9.82. The lowest BCUT2D eigenvalue weighted by atomic mass is 10.1. The Labute approximate surface area is 104 Å². The van der Waals surface area contributed by atoms with Gasteiger partial charge in [0, 0.05) is 18.4 Å². The number of rotatable bonds is 3. The maximum Gasteiger partial charge on any atom is 0.251 e. The van der Waals surface area contributed by atoms with E-state index in [1.807, 2.05) is 0 Å². The fourth-order valence-corrected chi connectivity index (χ4v) is 2.02. The lowest BCUT2D eigenvalue weighted by molar-refractivity contribution is 0.611. The van der Waals surface area contributed by atoms with Crippen LogP contribution in [0.1, 0.15) is 35.8 Å². The van der Waals surface area contributed by atoms with Crippen LogP contribution < -0.4 is 5.56 Å². The monoisotopic (exact) mass is 244 g/mol. The molecule has 0 radical (unpaired) electrons. The van der Waals surface area contributed by atoms with Gasteiger partial charge in [-0.05, 0) is 24.5 Å². The van der Waals surface area contributed by atoms with Crippen molar-refractivity contribution < 1.29 is 4.39 Å². The second kappa shape index (κ2) is 4.37. The molecule has 1 aromatic heterocycles. The maximum absolute atomic E-state index is 13.5. The van der Waals surface area contributed by atoms with Gasteiger partial charge in [0.1, 0.15) is 11.6 Å². The quantitative estimate of drug-likeness (QED) is 0.901. The Morgan fingerprint density at radius 1 is 1.33 bits per heavy atom. The highest BCUT2D eigenvalue weighted by molar-refractivity contribution is 5.22. The molecule has 3 rings (SSSR count). The Morgan fingerprint density at radius 2 is 2.11 bits per heavy atom. The predicted octanol–water partition coefficient (Wildman–Crippen LogP) is 2.38. The Kier molecular flexibility index (Phi) is 2.70. The number of hydrogen-bond acceptors (Lipinski definition) is 2. The molecule has 3 nitrogen and oxygen atoms in total. The van der Waals surface area contributed by atoms with Gasteiger partial charge in [-0.25, -0.2) is 9.37 Å². The molecule has 1 aliphatic carbocycles. The Balaban J connectivity index is 1.93. The second-order valence-electron chi connectivity index (χ2n) is 4.66. The average Bonchev–Trinajstić information content (AvgIpc) is 3.15. The predicted molar refractivity (Wildman–Crippen MR) is 66.0 cm³/mol. The standard InChI is InChI=1S/C14H13FN2O/c15-11-4-2-1-3-10(11)7-13-16-12(9-5-6-9)8-14(18)17-13/h1-4,8-9H,5-7H2,(H,16,17,18). The fourth-order valence-electron chi connectivity index (χ4n) is 2.02. The molecule has 1 fully saturated rings. The van der Waals surface area contributed by atoms with Crippen molar-refractivity contribution in [1.82, 2.24) is 9.97 Å². The zero-order valence-corrected chi connectivity index (χ0v) is 9.82. The summed E-state index contributed by atoms with van der Waals surface area (Å²) in [6.45, 7) is 0. The first-order chi connectivity index (χ1) is 8.72. The summed E-state index contributed by atoms with van der Waals surface area (Å²) in [5.74, 6) is 0.693. The lowest BCUT2D eigenvalue weighted by Gasteiger charge is -2.04. The maximum atomic E-state index is 13.5. The van der Waals surface area contributed by atoms with Gasteiger partial charge in [-0.15, -0.1) is 0 Å². The lowest BCUT2D eigenvalue weighted by Crippen LogP contribution is -2.13. The van der Waals surface area contributed by atoms with Crippen molar-refractivity contribution >= 4 is 0 Å². The minimum absolute atomic E-state index is 0.154. The minimum atomic E-state index is -0.267. The van der Waals surface area contributed by atoms with E-state index in [1.165, 1.54) is 6.07 Å². The first-order valence-corrected chi connectivity index (χ1v) is 6.06. The molecule has 1 heterocycles. The highest BCUT2D eigenvalue weighted by Gasteiger charge is 2.25. The summed E-state index contributed by atoms with van der Waals surface area (Å²) in [6.07, 6.45) is 2.51. The largest absolute Gasteiger partial charge is 0.310 e. The van der Waals surface area contributed by atoms with Crippen molar-refractivity contribution in [1.29, 1.82) is 0 Å². The SMILES string of the molecule is O=c1cc(C2CC2)nc(Cc2ccccc2F)[nH]1. The minimum Gasteiger partial charge on any atom is -0.310 e. The molecule has 0 amide bonds. The third-order valence-electron chi connectivity index (χ3n) is 3.12. The van der Waals surface area contributed by atoms with E-state index in [4.69, 9.17) is 0 Å². The Hall–Kier alpha value is -1.97. The van der Waals surface area contributed by atoms with E-state index in [2.05, 4.69) is 9.97 Å². The third-order valence-corrected chi connectivity index (χ3v) is 3.12. The van der Waals surface area contributed by atoms with Crippen molar-refractivity contribution in [2.75, 3.05) is 0 Å². The molecule has 1 aliphatic rings. The molecule has 0 unspecified atom stereocenters. The van der Waals surface area contributed by atoms with E-state index in [0.29, 0.717) is 23.7 Å². The van der Waals surface area contributed by atoms with Crippen LogP contribution in [-0.2, 0) is 6.42 Å². The summed E-state index contributed by atoms with van der Waals surface area (Å²) in [5.41, 5.74) is 1.23. The van der Waals surface area contributed by atoms with Crippen molar-refractivity contribution in [3.63, 3.8) is 0 Å². The van der Waals surface area contributed by atoms with E-state index in [9.17, 15) is 9.18 Å². The van der Waals surface area contributed by atoms with E-state index < -0.39 is 0 Å². The third kappa shape index (κ3) is 2.32. The molecule has 1 aromatic carbocycles. The first kappa shape index (κ1) is 11.1. The van der Waals surface area contributed by atoms with Crippen LogP contribution in [0.5, 0.6) is 0 Å². The van der Waals surface area contributed by atoms with Crippen LogP contribution in [0.2, 0.25) is 0 Å².